The molecule has 0 spiro atoms. The summed E-state index contributed by atoms with van der Waals surface area (Å²) in [4.78, 5) is 21.4. The third kappa shape index (κ3) is 3.15. The van der Waals surface area contributed by atoms with E-state index in [0.717, 1.165) is 44.2 Å². The van der Waals surface area contributed by atoms with Gasteiger partial charge in [0.15, 0.2) is 0 Å². The predicted octanol–water partition coefficient (Wildman–Crippen LogP) is 2.03. The molecule has 0 unspecified atom stereocenters. The van der Waals surface area contributed by atoms with Crippen LogP contribution < -0.4 is 0 Å². The number of amides is 1. The van der Waals surface area contributed by atoms with Crippen LogP contribution in [0.15, 0.2) is 34.4 Å². The maximum Gasteiger partial charge on any atom is 0.253 e. The highest BCUT2D eigenvalue weighted by atomic mass is 32.1. The summed E-state index contributed by atoms with van der Waals surface area (Å²) in [5, 5.41) is 10.7. The van der Waals surface area contributed by atoms with Crippen LogP contribution in [0.2, 0.25) is 0 Å². The molecule has 0 N–H and O–H groups in total. The Kier molecular flexibility index (Phi) is 4.22. The number of hydrogen-bond acceptors (Lipinski definition) is 7. The van der Waals surface area contributed by atoms with Gasteiger partial charge in [-0.3, -0.25) is 9.69 Å². The van der Waals surface area contributed by atoms with Crippen molar-refractivity contribution in [1.82, 2.24) is 25.1 Å². The van der Waals surface area contributed by atoms with Gasteiger partial charge in [0.1, 0.15) is 16.0 Å². The Morgan fingerprint density at radius 2 is 2.08 bits per heavy atom. The van der Waals surface area contributed by atoms with Gasteiger partial charge in [-0.1, -0.05) is 0 Å². The molecule has 1 aliphatic rings. The maximum absolute atomic E-state index is 12.8. The molecule has 1 aliphatic heterocycles. The summed E-state index contributed by atoms with van der Waals surface area (Å²) in [7, 11) is 0. The van der Waals surface area contributed by atoms with Crippen LogP contribution in [-0.4, -0.2) is 57.2 Å². The topological polar surface area (TPSA) is 75.4 Å². The van der Waals surface area contributed by atoms with E-state index < -0.39 is 0 Å². The monoisotopic (exact) mass is 343 g/mol. The lowest BCUT2D eigenvalue weighted by Gasteiger charge is -2.21. The molecule has 0 aliphatic carbocycles. The SMILES string of the molecule is O=C(c1ccc2nonc2c1)N1CCCN(Cc2nccs2)CC1. The van der Waals surface area contributed by atoms with Crippen LogP contribution in [0.4, 0.5) is 0 Å². The lowest BCUT2D eigenvalue weighted by Crippen LogP contribution is -2.35. The van der Waals surface area contributed by atoms with E-state index in [9.17, 15) is 4.79 Å². The van der Waals surface area contributed by atoms with Crippen LogP contribution in [0.3, 0.4) is 0 Å². The van der Waals surface area contributed by atoms with Crippen LogP contribution in [0.1, 0.15) is 21.8 Å². The number of hydrogen-bond donors (Lipinski definition) is 0. The second-order valence-electron chi connectivity index (χ2n) is 5.82. The van der Waals surface area contributed by atoms with Gasteiger partial charge in [0.2, 0.25) is 0 Å². The molecule has 3 heterocycles. The van der Waals surface area contributed by atoms with E-state index in [1.54, 1.807) is 29.5 Å². The van der Waals surface area contributed by atoms with Crippen molar-refractivity contribution < 1.29 is 9.42 Å². The standard InChI is InChI=1S/C16H17N5O2S/c22-16(12-2-3-13-14(10-12)19-23-18-13)21-6-1-5-20(7-8-21)11-15-17-4-9-24-15/h2-4,9-10H,1,5-8,11H2. The van der Waals surface area contributed by atoms with Crippen LogP contribution in [0.25, 0.3) is 11.0 Å². The van der Waals surface area contributed by atoms with Gasteiger partial charge in [0.25, 0.3) is 5.91 Å². The molecule has 1 amide bonds. The Hall–Kier alpha value is -2.32. The highest BCUT2D eigenvalue weighted by Crippen LogP contribution is 2.16. The molecule has 4 rings (SSSR count). The number of rotatable bonds is 3. The Balaban J connectivity index is 1.43. The number of nitrogens with zero attached hydrogens (tertiary/aromatic N) is 5. The second kappa shape index (κ2) is 6.66. The van der Waals surface area contributed by atoms with E-state index in [2.05, 4.69) is 20.2 Å². The first kappa shape index (κ1) is 15.2. The molecule has 124 valence electrons. The maximum atomic E-state index is 12.8. The Morgan fingerprint density at radius 3 is 2.96 bits per heavy atom. The van der Waals surface area contributed by atoms with Crippen molar-refractivity contribution in [3.63, 3.8) is 0 Å². The molecule has 24 heavy (non-hydrogen) atoms. The fraction of sp³-hybridized carbons (Fsp3) is 0.375. The average Bonchev–Trinajstić information content (AvgIpc) is 3.22. The Morgan fingerprint density at radius 1 is 1.17 bits per heavy atom. The summed E-state index contributed by atoms with van der Waals surface area (Å²) in [6.45, 7) is 4.19. The van der Waals surface area contributed by atoms with Gasteiger partial charge in [0, 0.05) is 43.3 Å². The van der Waals surface area contributed by atoms with Crippen molar-refractivity contribution in [3.05, 3.63) is 40.3 Å². The molecular formula is C16H17N5O2S. The van der Waals surface area contributed by atoms with Crippen molar-refractivity contribution in [2.45, 2.75) is 13.0 Å². The summed E-state index contributed by atoms with van der Waals surface area (Å²) in [5.41, 5.74) is 1.91. The normalized spacial score (nSPS) is 16.4. The number of fused-ring (bicyclic) bond motifs is 1. The third-order valence-electron chi connectivity index (χ3n) is 4.22. The second-order valence-corrected chi connectivity index (χ2v) is 6.79. The number of carbonyl (C=O) groups is 1. The highest BCUT2D eigenvalue weighted by Gasteiger charge is 2.21. The lowest BCUT2D eigenvalue weighted by atomic mass is 10.1. The van der Waals surface area contributed by atoms with E-state index in [1.165, 1.54) is 0 Å². The first-order chi connectivity index (χ1) is 11.8. The summed E-state index contributed by atoms with van der Waals surface area (Å²) >= 11 is 1.67. The largest absolute Gasteiger partial charge is 0.337 e. The molecule has 7 nitrogen and oxygen atoms in total. The predicted molar refractivity (Wildman–Crippen MR) is 89.7 cm³/mol. The number of aromatic nitrogens is 3. The minimum absolute atomic E-state index is 0.0380. The molecule has 0 atom stereocenters. The first-order valence-electron chi connectivity index (χ1n) is 7.92. The van der Waals surface area contributed by atoms with E-state index in [4.69, 9.17) is 4.63 Å². The summed E-state index contributed by atoms with van der Waals surface area (Å²) < 4.78 is 4.69. The van der Waals surface area contributed by atoms with Gasteiger partial charge in [-0.2, -0.15) is 0 Å². The number of carbonyl (C=O) groups excluding carboxylic acids is 1. The zero-order valence-electron chi connectivity index (χ0n) is 13.1. The van der Waals surface area contributed by atoms with Crippen molar-refractivity contribution >= 4 is 28.3 Å². The van der Waals surface area contributed by atoms with Gasteiger partial charge in [-0.05, 0) is 34.9 Å². The average molecular weight is 343 g/mol. The third-order valence-corrected chi connectivity index (χ3v) is 4.98. The van der Waals surface area contributed by atoms with Crippen LogP contribution in [-0.2, 0) is 6.54 Å². The molecule has 1 aromatic carbocycles. The molecule has 2 aromatic heterocycles. The van der Waals surface area contributed by atoms with E-state index in [0.29, 0.717) is 16.6 Å². The van der Waals surface area contributed by atoms with Gasteiger partial charge < -0.3 is 4.90 Å². The van der Waals surface area contributed by atoms with E-state index in [1.807, 2.05) is 16.5 Å². The zero-order chi connectivity index (χ0) is 16.4. The Bertz CT molecular complexity index is 832. The molecule has 1 fully saturated rings. The van der Waals surface area contributed by atoms with Crippen LogP contribution in [0, 0.1) is 0 Å². The molecule has 0 saturated carbocycles. The molecule has 1 saturated heterocycles. The van der Waals surface area contributed by atoms with Crippen molar-refractivity contribution in [2.75, 3.05) is 26.2 Å². The van der Waals surface area contributed by atoms with E-state index >= 15 is 0 Å². The van der Waals surface area contributed by atoms with Gasteiger partial charge >= 0.3 is 0 Å². The summed E-state index contributed by atoms with van der Waals surface area (Å²) in [6.07, 6.45) is 2.80. The molecule has 8 heteroatoms. The Labute approximate surface area is 142 Å². The van der Waals surface area contributed by atoms with Gasteiger partial charge in [-0.25, -0.2) is 9.61 Å². The quantitative estimate of drug-likeness (QED) is 0.724. The molecular weight excluding hydrogens is 326 g/mol. The fourth-order valence-corrected chi connectivity index (χ4v) is 3.61. The zero-order valence-corrected chi connectivity index (χ0v) is 13.9. The van der Waals surface area contributed by atoms with Crippen LogP contribution in [0.5, 0.6) is 0 Å². The molecule has 3 aromatic rings. The smallest absolute Gasteiger partial charge is 0.253 e. The van der Waals surface area contributed by atoms with Crippen molar-refractivity contribution in [1.29, 1.82) is 0 Å². The van der Waals surface area contributed by atoms with Crippen LogP contribution >= 0.6 is 11.3 Å². The minimum atomic E-state index is 0.0380. The lowest BCUT2D eigenvalue weighted by molar-refractivity contribution is 0.0761. The number of thiazole rings is 1. The van der Waals surface area contributed by atoms with Crippen molar-refractivity contribution in [3.8, 4) is 0 Å². The van der Waals surface area contributed by atoms with Crippen molar-refractivity contribution in [2.24, 2.45) is 0 Å². The van der Waals surface area contributed by atoms with E-state index in [-0.39, 0.29) is 5.91 Å². The summed E-state index contributed by atoms with van der Waals surface area (Å²) in [6, 6.07) is 5.30. The first-order valence-corrected chi connectivity index (χ1v) is 8.80. The number of benzene rings is 1. The van der Waals surface area contributed by atoms with Gasteiger partial charge in [-0.15, -0.1) is 11.3 Å². The highest BCUT2D eigenvalue weighted by molar-refractivity contribution is 7.09. The summed E-state index contributed by atoms with van der Waals surface area (Å²) in [5.74, 6) is 0.0380. The minimum Gasteiger partial charge on any atom is -0.337 e. The van der Waals surface area contributed by atoms with Gasteiger partial charge in [0.05, 0.1) is 6.54 Å². The molecule has 0 bridgehead atoms. The fourth-order valence-electron chi connectivity index (χ4n) is 2.95. The molecule has 0 radical (unpaired) electrons.